The van der Waals surface area contributed by atoms with E-state index in [-0.39, 0.29) is 0 Å². The molecule has 4 heteroatoms. The van der Waals surface area contributed by atoms with Crippen LogP contribution >= 0.6 is 22.9 Å². The molecule has 2 aromatic heterocycles. The summed E-state index contributed by atoms with van der Waals surface area (Å²) in [6.45, 7) is 0. The van der Waals surface area contributed by atoms with Gasteiger partial charge in [-0.15, -0.1) is 11.3 Å². The van der Waals surface area contributed by atoms with Crippen LogP contribution in [0.4, 0.5) is 0 Å². The average Bonchev–Trinajstić information content (AvgIpc) is 2.99. The second kappa shape index (κ2) is 5.52. The first kappa shape index (κ1) is 13.4. The molecule has 2 aromatic carbocycles. The van der Waals surface area contributed by atoms with Crippen molar-refractivity contribution in [2.75, 3.05) is 0 Å². The van der Waals surface area contributed by atoms with Crippen molar-refractivity contribution in [3.05, 3.63) is 72.0 Å². The molecule has 2 nitrogen and oxygen atoms in total. The van der Waals surface area contributed by atoms with Gasteiger partial charge in [0.15, 0.2) is 0 Å². The summed E-state index contributed by atoms with van der Waals surface area (Å²) in [5.74, 6) is 0. The third-order valence-corrected chi connectivity index (χ3v) is 4.79. The molecule has 0 spiro atoms. The number of fused-ring (bicyclic) bond motifs is 1. The molecule has 4 rings (SSSR count). The van der Waals surface area contributed by atoms with Gasteiger partial charge in [-0.3, -0.25) is 4.98 Å². The maximum Gasteiger partial charge on any atom is 0.126 e. The Morgan fingerprint density at radius 2 is 1.68 bits per heavy atom. The lowest BCUT2D eigenvalue weighted by atomic mass is 10.1. The van der Waals surface area contributed by atoms with Crippen molar-refractivity contribution in [1.82, 2.24) is 9.97 Å². The number of hydrogen-bond donors (Lipinski definition) is 0. The van der Waals surface area contributed by atoms with Crippen LogP contribution < -0.4 is 0 Å². The molecule has 106 valence electrons. The van der Waals surface area contributed by atoms with Crippen LogP contribution in [-0.2, 0) is 0 Å². The molecule has 0 amide bonds. The first-order valence-corrected chi connectivity index (χ1v) is 8.06. The molecular weight excluding hydrogens is 312 g/mol. The Hall–Kier alpha value is -2.23. The smallest absolute Gasteiger partial charge is 0.126 e. The van der Waals surface area contributed by atoms with Gasteiger partial charge < -0.3 is 0 Å². The average molecular weight is 323 g/mol. The van der Waals surface area contributed by atoms with Crippen molar-refractivity contribution in [1.29, 1.82) is 0 Å². The normalized spacial score (nSPS) is 11.0. The molecule has 2 heterocycles. The summed E-state index contributed by atoms with van der Waals surface area (Å²) in [4.78, 5) is 8.85. The summed E-state index contributed by atoms with van der Waals surface area (Å²) in [5.41, 5.74) is 4.39. The predicted molar refractivity (Wildman–Crippen MR) is 93.3 cm³/mol. The molecule has 0 atom stereocenters. The van der Waals surface area contributed by atoms with Gasteiger partial charge >= 0.3 is 0 Å². The summed E-state index contributed by atoms with van der Waals surface area (Å²) in [7, 11) is 0. The number of halogens is 1. The highest BCUT2D eigenvalue weighted by Gasteiger charge is 2.07. The van der Waals surface area contributed by atoms with Crippen LogP contribution in [0.2, 0.25) is 5.02 Å². The van der Waals surface area contributed by atoms with Crippen LogP contribution in [0.15, 0.2) is 67.0 Å². The fourth-order valence-corrected chi connectivity index (χ4v) is 3.48. The highest BCUT2D eigenvalue weighted by Crippen LogP contribution is 2.32. The maximum atomic E-state index is 5.95. The summed E-state index contributed by atoms with van der Waals surface area (Å²) >= 11 is 7.64. The van der Waals surface area contributed by atoms with Crippen molar-refractivity contribution < 1.29 is 0 Å². The Morgan fingerprint density at radius 1 is 0.864 bits per heavy atom. The van der Waals surface area contributed by atoms with Gasteiger partial charge in [0.2, 0.25) is 0 Å². The molecule has 0 aliphatic carbocycles. The molecule has 0 fully saturated rings. The van der Waals surface area contributed by atoms with Gasteiger partial charge in [-0.05, 0) is 47.5 Å². The van der Waals surface area contributed by atoms with Gasteiger partial charge in [0, 0.05) is 23.0 Å². The number of pyridine rings is 1. The number of nitrogens with zero attached hydrogens (tertiary/aromatic N) is 2. The fourth-order valence-electron chi connectivity index (χ4n) is 2.36. The molecule has 0 N–H and O–H groups in total. The van der Waals surface area contributed by atoms with Crippen LogP contribution in [0.1, 0.15) is 0 Å². The van der Waals surface area contributed by atoms with Crippen molar-refractivity contribution >= 4 is 33.2 Å². The molecule has 0 aliphatic heterocycles. The summed E-state index contributed by atoms with van der Waals surface area (Å²) < 4.78 is 1.17. The molecular formula is C18H11ClN2S. The minimum absolute atomic E-state index is 0.751. The van der Waals surface area contributed by atoms with Crippen LogP contribution in [0.25, 0.3) is 31.9 Å². The lowest BCUT2D eigenvalue weighted by Gasteiger charge is -2.01. The van der Waals surface area contributed by atoms with Crippen LogP contribution in [0.3, 0.4) is 0 Å². The monoisotopic (exact) mass is 322 g/mol. The minimum atomic E-state index is 0.751. The zero-order chi connectivity index (χ0) is 14.9. The van der Waals surface area contributed by atoms with Gasteiger partial charge in [0.05, 0.1) is 10.2 Å². The largest absolute Gasteiger partial charge is 0.264 e. The lowest BCUT2D eigenvalue weighted by Crippen LogP contribution is -1.78. The van der Waals surface area contributed by atoms with Crippen molar-refractivity contribution in [2.24, 2.45) is 0 Å². The second-order valence-corrected chi connectivity index (χ2v) is 6.42. The summed E-state index contributed by atoms with van der Waals surface area (Å²) in [5, 5.41) is 1.75. The Morgan fingerprint density at radius 3 is 2.45 bits per heavy atom. The zero-order valence-electron chi connectivity index (χ0n) is 11.5. The number of aromatic nitrogens is 2. The molecule has 4 aromatic rings. The first-order chi connectivity index (χ1) is 10.8. The van der Waals surface area contributed by atoms with E-state index in [0.717, 1.165) is 26.7 Å². The van der Waals surface area contributed by atoms with E-state index in [1.54, 1.807) is 17.5 Å². The molecule has 0 saturated heterocycles. The summed E-state index contributed by atoms with van der Waals surface area (Å²) in [6.07, 6.45) is 3.62. The molecule has 22 heavy (non-hydrogen) atoms. The third-order valence-electron chi connectivity index (χ3n) is 3.47. The van der Waals surface area contributed by atoms with Crippen molar-refractivity contribution in [2.45, 2.75) is 0 Å². The van der Waals surface area contributed by atoms with E-state index in [0.29, 0.717) is 0 Å². The van der Waals surface area contributed by atoms with Gasteiger partial charge in [-0.1, -0.05) is 29.8 Å². The molecule has 0 unspecified atom stereocenters. The Bertz CT molecular complexity index is 930. The quantitative estimate of drug-likeness (QED) is 0.474. The molecule has 0 aliphatic rings. The number of thiazole rings is 1. The van der Waals surface area contributed by atoms with Crippen molar-refractivity contribution in [3.8, 4) is 21.7 Å². The highest BCUT2D eigenvalue weighted by atomic mass is 35.5. The zero-order valence-corrected chi connectivity index (χ0v) is 13.1. The van der Waals surface area contributed by atoms with E-state index in [9.17, 15) is 0 Å². The Balaban J connectivity index is 1.80. The van der Waals surface area contributed by atoms with Crippen LogP contribution in [0.5, 0.6) is 0 Å². The number of hydrogen-bond acceptors (Lipinski definition) is 3. The fraction of sp³-hybridized carbons (Fsp3) is 0. The van der Waals surface area contributed by atoms with Gasteiger partial charge in [0.1, 0.15) is 5.01 Å². The number of benzene rings is 2. The van der Waals surface area contributed by atoms with E-state index < -0.39 is 0 Å². The third kappa shape index (κ3) is 2.49. The molecule has 0 bridgehead atoms. The van der Waals surface area contributed by atoms with Crippen LogP contribution in [-0.4, -0.2) is 9.97 Å². The first-order valence-electron chi connectivity index (χ1n) is 6.86. The minimum Gasteiger partial charge on any atom is -0.264 e. The summed E-state index contributed by atoms with van der Waals surface area (Å²) in [6, 6.07) is 18.2. The van der Waals surface area contributed by atoms with E-state index >= 15 is 0 Å². The molecule has 0 saturated carbocycles. The van der Waals surface area contributed by atoms with E-state index in [1.165, 1.54) is 10.3 Å². The number of rotatable bonds is 2. The SMILES string of the molecule is Clc1ccc(-c2ccc3nc(-c4cccnc4)sc3c2)cc1. The lowest BCUT2D eigenvalue weighted by molar-refractivity contribution is 1.32. The standard InChI is InChI=1S/C18H11ClN2S/c19-15-6-3-12(4-7-15)13-5-8-16-17(10-13)22-18(21-16)14-2-1-9-20-11-14/h1-11H. The molecule has 0 radical (unpaired) electrons. The van der Waals surface area contributed by atoms with E-state index in [1.807, 2.05) is 42.6 Å². The van der Waals surface area contributed by atoms with Gasteiger partial charge in [-0.2, -0.15) is 0 Å². The Kier molecular flexibility index (Phi) is 3.37. The Labute approximate surface area is 137 Å². The van der Waals surface area contributed by atoms with Crippen molar-refractivity contribution in [3.63, 3.8) is 0 Å². The van der Waals surface area contributed by atoms with E-state index in [4.69, 9.17) is 11.6 Å². The highest BCUT2D eigenvalue weighted by molar-refractivity contribution is 7.21. The topological polar surface area (TPSA) is 25.8 Å². The van der Waals surface area contributed by atoms with Crippen LogP contribution in [0, 0.1) is 0 Å². The van der Waals surface area contributed by atoms with Gasteiger partial charge in [-0.25, -0.2) is 4.98 Å². The predicted octanol–water partition coefficient (Wildman–Crippen LogP) is 5.68. The second-order valence-electron chi connectivity index (χ2n) is 4.95. The maximum absolute atomic E-state index is 5.95. The van der Waals surface area contributed by atoms with E-state index in [2.05, 4.69) is 28.2 Å². The van der Waals surface area contributed by atoms with Gasteiger partial charge in [0.25, 0.3) is 0 Å².